The van der Waals surface area contributed by atoms with E-state index in [2.05, 4.69) is 5.32 Å². The second kappa shape index (κ2) is 6.65. The maximum Gasteiger partial charge on any atom is 0.0698 e. The molecule has 0 amide bonds. The predicted molar refractivity (Wildman–Crippen MR) is 57.8 cm³/mol. The van der Waals surface area contributed by atoms with Gasteiger partial charge in [-0.1, -0.05) is 23.7 Å². The second-order valence-electron chi connectivity index (χ2n) is 2.74. The highest BCUT2D eigenvalue weighted by atomic mass is 35.5. The second-order valence-corrected chi connectivity index (χ2v) is 3.15. The number of para-hydroxylation sites is 1. The summed E-state index contributed by atoms with van der Waals surface area (Å²) in [6, 6.07) is 7.55. The summed E-state index contributed by atoms with van der Waals surface area (Å²) >= 11 is 5.92. The third-order valence-corrected chi connectivity index (χ3v) is 2.00. The fourth-order valence-corrected chi connectivity index (χ4v) is 1.23. The van der Waals surface area contributed by atoms with Gasteiger partial charge in [0, 0.05) is 6.54 Å². The van der Waals surface area contributed by atoms with Gasteiger partial charge >= 0.3 is 0 Å². The molecule has 0 fully saturated rings. The summed E-state index contributed by atoms with van der Waals surface area (Å²) in [6.07, 6.45) is 0. The summed E-state index contributed by atoms with van der Waals surface area (Å²) in [4.78, 5) is 0. The lowest BCUT2D eigenvalue weighted by Crippen LogP contribution is -2.11. The Hall–Kier alpha value is -0.770. The summed E-state index contributed by atoms with van der Waals surface area (Å²) in [5, 5.41) is 12.3. The van der Waals surface area contributed by atoms with Crippen LogP contribution < -0.4 is 5.32 Å². The number of hydrogen-bond acceptors (Lipinski definition) is 3. The first kappa shape index (κ1) is 11.3. The van der Waals surface area contributed by atoms with Gasteiger partial charge in [-0.2, -0.15) is 0 Å². The molecule has 1 rings (SSSR count). The maximum atomic E-state index is 8.46. The summed E-state index contributed by atoms with van der Waals surface area (Å²) in [5.74, 6) is 0. The van der Waals surface area contributed by atoms with Gasteiger partial charge in [-0.05, 0) is 12.1 Å². The molecular weight excluding hydrogens is 202 g/mol. The van der Waals surface area contributed by atoms with E-state index < -0.39 is 0 Å². The lowest BCUT2D eigenvalue weighted by Gasteiger charge is -2.07. The third kappa shape index (κ3) is 3.96. The van der Waals surface area contributed by atoms with E-state index in [9.17, 15) is 0 Å². The smallest absolute Gasteiger partial charge is 0.0698 e. The van der Waals surface area contributed by atoms with Crippen LogP contribution in [0, 0.1) is 0 Å². The van der Waals surface area contributed by atoms with Crippen LogP contribution >= 0.6 is 11.6 Å². The van der Waals surface area contributed by atoms with Gasteiger partial charge in [-0.25, -0.2) is 0 Å². The SMILES string of the molecule is OCCOCCNc1ccccc1Cl. The molecule has 0 saturated heterocycles. The fourth-order valence-electron chi connectivity index (χ4n) is 1.03. The van der Waals surface area contributed by atoms with E-state index in [1.807, 2.05) is 24.3 Å². The Morgan fingerprint density at radius 1 is 1.29 bits per heavy atom. The molecule has 1 aromatic carbocycles. The normalized spacial score (nSPS) is 10.1. The van der Waals surface area contributed by atoms with E-state index in [4.69, 9.17) is 21.4 Å². The van der Waals surface area contributed by atoms with Crippen molar-refractivity contribution >= 4 is 17.3 Å². The zero-order chi connectivity index (χ0) is 10.2. The van der Waals surface area contributed by atoms with Crippen LogP contribution in [-0.4, -0.2) is 31.5 Å². The van der Waals surface area contributed by atoms with Crippen molar-refractivity contribution in [3.63, 3.8) is 0 Å². The number of nitrogens with one attached hydrogen (secondary N) is 1. The van der Waals surface area contributed by atoms with E-state index in [0.29, 0.717) is 24.8 Å². The molecule has 14 heavy (non-hydrogen) atoms. The van der Waals surface area contributed by atoms with Crippen LogP contribution in [0.15, 0.2) is 24.3 Å². The molecule has 0 spiro atoms. The molecule has 0 aliphatic rings. The first-order chi connectivity index (χ1) is 6.84. The fraction of sp³-hybridized carbons (Fsp3) is 0.400. The van der Waals surface area contributed by atoms with Gasteiger partial charge in [0.15, 0.2) is 0 Å². The summed E-state index contributed by atoms with van der Waals surface area (Å²) in [6.45, 7) is 1.69. The summed E-state index contributed by atoms with van der Waals surface area (Å²) < 4.78 is 5.09. The predicted octanol–water partition coefficient (Wildman–Crippen LogP) is 1.76. The lowest BCUT2D eigenvalue weighted by atomic mass is 10.3. The Morgan fingerprint density at radius 3 is 2.79 bits per heavy atom. The van der Waals surface area contributed by atoms with Crippen LogP contribution in [-0.2, 0) is 4.74 Å². The number of hydrogen-bond donors (Lipinski definition) is 2. The Balaban J connectivity index is 2.21. The van der Waals surface area contributed by atoms with Crippen LogP contribution in [0.1, 0.15) is 0 Å². The molecular formula is C10H14ClNO2. The van der Waals surface area contributed by atoms with Gasteiger partial charge in [0.1, 0.15) is 0 Å². The first-order valence-electron chi connectivity index (χ1n) is 4.51. The third-order valence-electron chi connectivity index (χ3n) is 1.67. The molecule has 78 valence electrons. The molecule has 2 N–H and O–H groups in total. The van der Waals surface area contributed by atoms with Crippen molar-refractivity contribution in [3.8, 4) is 0 Å². The average Bonchev–Trinajstić information content (AvgIpc) is 2.20. The van der Waals surface area contributed by atoms with Crippen LogP contribution in [0.2, 0.25) is 5.02 Å². The molecule has 0 bridgehead atoms. The molecule has 0 saturated carbocycles. The quantitative estimate of drug-likeness (QED) is 0.711. The Bertz CT molecular complexity index is 268. The van der Waals surface area contributed by atoms with Crippen LogP contribution in [0.4, 0.5) is 5.69 Å². The van der Waals surface area contributed by atoms with Crippen LogP contribution in [0.3, 0.4) is 0 Å². The number of anilines is 1. The van der Waals surface area contributed by atoms with Crippen molar-refractivity contribution < 1.29 is 9.84 Å². The average molecular weight is 216 g/mol. The van der Waals surface area contributed by atoms with Gasteiger partial charge in [0.05, 0.1) is 30.5 Å². The minimum Gasteiger partial charge on any atom is -0.394 e. The van der Waals surface area contributed by atoms with Crippen LogP contribution in [0.25, 0.3) is 0 Å². The summed E-state index contributed by atoms with van der Waals surface area (Å²) in [7, 11) is 0. The van der Waals surface area contributed by atoms with E-state index in [0.717, 1.165) is 5.69 Å². The molecule has 0 aliphatic carbocycles. The van der Waals surface area contributed by atoms with E-state index >= 15 is 0 Å². The van der Waals surface area contributed by atoms with Gasteiger partial charge in [0.25, 0.3) is 0 Å². The summed E-state index contributed by atoms with van der Waals surface area (Å²) in [5.41, 5.74) is 0.904. The monoisotopic (exact) mass is 215 g/mol. The van der Waals surface area contributed by atoms with Crippen molar-refractivity contribution in [1.29, 1.82) is 0 Å². The highest BCUT2D eigenvalue weighted by molar-refractivity contribution is 6.33. The van der Waals surface area contributed by atoms with Crippen molar-refractivity contribution in [2.24, 2.45) is 0 Å². The minimum atomic E-state index is 0.0616. The number of benzene rings is 1. The zero-order valence-electron chi connectivity index (χ0n) is 7.87. The highest BCUT2D eigenvalue weighted by Gasteiger charge is 1.96. The van der Waals surface area contributed by atoms with Crippen molar-refractivity contribution in [2.75, 3.05) is 31.7 Å². The van der Waals surface area contributed by atoms with Crippen molar-refractivity contribution in [3.05, 3.63) is 29.3 Å². The molecule has 0 aliphatic heterocycles. The highest BCUT2D eigenvalue weighted by Crippen LogP contribution is 2.19. The van der Waals surface area contributed by atoms with Gasteiger partial charge < -0.3 is 15.2 Å². The number of ether oxygens (including phenoxy) is 1. The molecule has 4 heteroatoms. The minimum absolute atomic E-state index is 0.0616. The molecule has 0 unspecified atom stereocenters. The Kier molecular flexibility index (Phi) is 5.37. The van der Waals surface area contributed by atoms with Crippen molar-refractivity contribution in [1.82, 2.24) is 0 Å². The Labute approximate surface area is 88.7 Å². The van der Waals surface area contributed by atoms with Gasteiger partial charge in [0.2, 0.25) is 0 Å². The van der Waals surface area contributed by atoms with Crippen LogP contribution in [0.5, 0.6) is 0 Å². The van der Waals surface area contributed by atoms with E-state index in [1.54, 1.807) is 0 Å². The number of aliphatic hydroxyl groups excluding tert-OH is 1. The largest absolute Gasteiger partial charge is 0.394 e. The number of halogens is 1. The first-order valence-corrected chi connectivity index (χ1v) is 4.89. The topological polar surface area (TPSA) is 41.5 Å². The molecule has 1 aromatic rings. The zero-order valence-corrected chi connectivity index (χ0v) is 8.63. The molecule has 0 atom stereocenters. The number of aliphatic hydroxyl groups is 1. The number of rotatable bonds is 6. The van der Waals surface area contributed by atoms with Gasteiger partial charge in [-0.15, -0.1) is 0 Å². The lowest BCUT2D eigenvalue weighted by molar-refractivity contribution is 0.0992. The molecule has 0 heterocycles. The Morgan fingerprint density at radius 2 is 2.07 bits per heavy atom. The van der Waals surface area contributed by atoms with Gasteiger partial charge in [-0.3, -0.25) is 0 Å². The standard InChI is InChI=1S/C10H14ClNO2/c11-9-3-1-2-4-10(9)12-5-7-14-8-6-13/h1-4,12-13H,5-8H2. The molecule has 3 nitrogen and oxygen atoms in total. The van der Waals surface area contributed by atoms with Crippen molar-refractivity contribution in [2.45, 2.75) is 0 Å². The van der Waals surface area contributed by atoms with E-state index in [-0.39, 0.29) is 6.61 Å². The van der Waals surface area contributed by atoms with E-state index in [1.165, 1.54) is 0 Å². The molecule has 0 aromatic heterocycles. The molecule has 0 radical (unpaired) electrons. The maximum absolute atomic E-state index is 8.46.